The molecular weight excluding hydrogens is 214 g/mol. The van der Waals surface area contributed by atoms with Gasteiger partial charge in [-0.15, -0.1) is 0 Å². The van der Waals surface area contributed by atoms with E-state index >= 15 is 0 Å². The maximum atomic E-state index is 11.7. The number of nitrogens with zero attached hydrogens (tertiary/aromatic N) is 1. The average Bonchev–Trinajstić information content (AvgIpc) is 2.77. The first kappa shape index (κ1) is 14.5. The Hall–Kier alpha value is -0.610. The molecule has 1 fully saturated rings. The third-order valence-electron chi connectivity index (χ3n) is 3.62. The zero-order chi connectivity index (χ0) is 12.8. The molecule has 0 saturated heterocycles. The van der Waals surface area contributed by atoms with E-state index in [2.05, 4.69) is 17.3 Å². The number of amides is 1. The van der Waals surface area contributed by atoms with Gasteiger partial charge in [-0.2, -0.15) is 0 Å². The molecule has 1 aliphatic rings. The second-order valence-corrected chi connectivity index (χ2v) is 5.42. The van der Waals surface area contributed by atoms with Crippen molar-refractivity contribution >= 4 is 5.91 Å². The van der Waals surface area contributed by atoms with E-state index in [9.17, 15) is 4.79 Å². The molecule has 1 unspecified atom stereocenters. The zero-order valence-corrected chi connectivity index (χ0v) is 11.4. The monoisotopic (exact) mass is 241 g/mol. The normalized spacial score (nSPS) is 18.9. The lowest BCUT2D eigenvalue weighted by Crippen LogP contribution is -2.46. The number of nitrogens with two attached hydrogens (primary N) is 1. The van der Waals surface area contributed by atoms with Crippen LogP contribution in [0, 0.1) is 0 Å². The highest BCUT2D eigenvalue weighted by molar-refractivity contribution is 5.76. The highest BCUT2D eigenvalue weighted by Gasteiger charge is 2.26. The van der Waals surface area contributed by atoms with Crippen molar-refractivity contribution in [1.82, 2.24) is 10.2 Å². The van der Waals surface area contributed by atoms with Crippen LogP contribution < -0.4 is 11.1 Å². The van der Waals surface area contributed by atoms with Crippen molar-refractivity contribution in [3.8, 4) is 0 Å². The minimum absolute atomic E-state index is 0.111. The predicted octanol–water partition coefficient (Wildman–Crippen LogP) is 1.10. The van der Waals surface area contributed by atoms with Crippen LogP contribution in [-0.2, 0) is 4.79 Å². The maximum absolute atomic E-state index is 11.7. The molecule has 0 heterocycles. The summed E-state index contributed by atoms with van der Waals surface area (Å²) in [6.07, 6.45) is 5.63. The Balaban J connectivity index is 2.43. The van der Waals surface area contributed by atoms with Crippen LogP contribution in [-0.4, -0.2) is 42.5 Å². The van der Waals surface area contributed by atoms with Gasteiger partial charge in [0.25, 0.3) is 0 Å². The van der Waals surface area contributed by atoms with Crippen LogP contribution in [0.5, 0.6) is 0 Å². The average molecular weight is 241 g/mol. The standard InChI is InChI=1S/C13H27N3O/c1-10(2)15-13(17)8-12(9-14)16(3)11-6-4-5-7-11/h10-12H,4-9,14H2,1-3H3,(H,15,17). The van der Waals surface area contributed by atoms with Gasteiger partial charge in [0.1, 0.15) is 0 Å². The summed E-state index contributed by atoms with van der Waals surface area (Å²) in [4.78, 5) is 14.1. The van der Waals surface area contributed by atoms with E-state index in [1.54, 1.807) is 0 Å². The fraction of sp³-hybridized carbons (Fsp3) is 0.923. The lowest BCUT2D eigenvalue weighted by molar-refractivity contribution is -0.122. The van der Waals surface area contributed by atoms with E-state index in [-0.39, 0.29) is 18.0 Å². The molecule has 1 atom stereocenters. The molecular formula is C13H27N3O. The van der Waals surface area contributed by atoms with Crippen molar-refractivity contribution < 1.29 is 4.79 Å². The van der Waals surface area contributed by atoms with Gasteiger partial charge in [0, 0.05) is 31.1 Å². The third-order valence-corrected chi connectivity index (χ3v) is 3.62. The molecule has 17 heavy (non-hydrogen) atoms. The van der Waals surface area contributed by atoms with Crippen LogP contribution in [0.1, 0.15) is 46.0 Å². The Kier molecular flexibility index (Phi) is 5.92. The molecule has 0 aromatic carbocycles. The minimum atomic E-state index is 0.111. The van der Waals surface area contributed by atoms with Crippen molar-refractivity contribution in [2.45, 2.75) is 64.1 Å². The first-order valence-corrected chi connectivity index (χ1v) is 6.76. The van der Waals surface area contributed by atoms with Crippen molar-refractivity contribution in [3.63, 3.8) is 0 Å². The molecule has 1 amide bonds. The first-order valence-electron chi connectivity index (χ1n) is 6.76. The number of hydrogen-bond donors (Lipinski definition) is 2. The summed E-state index contributed by atoms with van der Waals surface area (Å²) in [6.45, 7) is 4.52. The third kappa shape index (κ3) is 4.64. The van der Waals surface area contributed by atoms with Crippen LogP contribution in [0.3, 0.4) is 0 Å². The van der Waals surface area contributed by atoms with Crippen LogP contribution in [0.25, 0.3) is 0 Å². The van der Waals surface area contributed by atoms with Gasteiger partial charge < -0.3 is 11.1 Å². The van der Waals surface area contributed by atoms with Crippen molar-refractivity contribution in [3.05, 3.63) is 0 Å². The van der Waals surface area contributed by atoms with Gasteiger partial charge in [0.2, 0.25) is 5.91 Å². The van der Waals surface area contributed by atoms with Crippen LogP contribution >= 0.6 is 0 Å². The summed E-state index contributed by atoms with van der Waals surface area (Å²) in [7, 11) is 2.11. The molecule has 0 aromatic heterocycles. The van der Waals surface area contributed by atoms with Gasteiger partial charge in [-0.05, 0) is 33.7 Å². The maximum Gasteiger partial charge on any atom is 0.221 e. The molecule has 0 aliphatic heterocycles. The van der Waals surface area contributed by atoms with Crippen LogP contribution in [0.2, 0.25) is 0 Å². The molecule has 100 valence electrons. The summed E-state index contributed by atoms with van der Waals surface area (Å²) < 4.78 is 0. The molecule has 0 aromatic rings. The number of hydrogen-bond acceptors (Lipinski definition) is 3. The van der Waals surface area contributed by atoms with Crippen LogP contribution in [0.4, 0.5) is 0 Å². The molecule has 4 nitrogen and oxygen atoms in total. The smallest absolute Gasteiger partial charge is 0.221 e. The number of likely N-dealkylation sites (N-methyl/N-ethyl adjacent to an activating group) is 1. The molecule has 0 radical (unpaired) electrons. The number of nitrogens with one attached hydrogen (secondary N) is 1. The molecule has 0 spiro atoms. The highest BCUT2D eigenvalue weighted by Crippen LogP contribution is 2.24. The SMILES string of the molecule is CC(C)NC(=O)CC(CN)N(C)C1CCCC1. The van der Waals surface area contributed by atoms with Gasteiger partial charge in [0.15, 0.2) is 0 Å². The topological polar surface area (TPSA) is 58.4 Å². The minimum Gasteiger partial charge on any atom is -0.354 e. The summed E-state index contributed by atoms with van der Waals surface area (Å²) in [5.74, 6) is 0.111. The number of carbonyl (C=O) groups excluding carboxylic acids is 1. The Morgan fingerprint density at radius 3 is 2.47 bits per heavy atom. The Morgan fingerprint density at radius 2 is 2.00 bits per heavy atom. The Labute approximate surface area is 105 Å². The lowest BCUT2D eigenvalue weighted by atomic mass is 10.1. The van der Waals surface area contributed by atoms with E-state index in [4.69, 9.17) is 5.73 Å². The van der Waals surface area contributed by atoms with Crippen molar-refractivity contribution in [2.24, 2.45) is 5.73 Å². The van der Waals surface area contributed by atoms with Gasteiger partial charge in [0.05, 0.1) is 0 Å². The summed E-state index contributed by atoms with van der Waals surface area (Å²) in [5, 5.41) is 2.93. The van der Waals surface area contributed by atoms with Crippen molar-refractivity contribution in [1.29, 1.82) is 0 Å². The quantitative estimate of drug-likeness (QED) is 0.732. The molecule has 1 rings (SSSR count). The second kappa shape index (κ2) is 6.97. The van der Waals surface area contributed by atoms with Crippen LogP contribution in [0.15, 0.2) is 0 Å². The van der Waals surface area contributed by atoms with E-state index in [0.29, 0.717) is 19.0 Å². The van der Waals surface area contributed by atoms with Gasteiger partial charge >= 0.3 is 0 Å². The summed E-state index contributed by atoms with van der Waals surface area (Å²) in [5.41, 5.74) is 5.80. The Morgan fingerprint density at radius 1 is 1.41 bits per heavy atom. The van der Waals surface area contributed by atoms with Gasteiger partial charge in [-0.1, -0.05) is 12.8 Å². The molecule has 1 saturated carbocycles. The van der Waals surface area contributed by atoms with E-state index in [0.717, 1.165) is 0 Å². The summed E-state index contributed by atoms with van der Waals surface area (Å²) >= 11 is 0. The molecule has 4 heteroatoms. The zero-order valence-electron chi connectivity index (χ0n) is 11.4. The van der Waals surface area contributed by atoms with E-state index < -0.39 is 0 Å². The van der Waals surface area contributed by atoms with Crippen molar-refractivity contribution in [2.75, 3.05) is 13.6 Å². The summed E-state index contributed by atoms with van der Waals surface area (Å²) in [6, 6.07) is 1.00. The number of rotatable bonds is 6. The number of carbonyl (C=O) groups is 1. The highest BCUT2D eigenvalue weighted by atomic mass is 16.1. The lowest BCUT2D eigenvalue weighted by Gasteiger charge is -2.32. The van der Waals surface area contributed by atoms with Gasteiger partial charge in [-0.25, -0.2) is 0 Å². The Bertz CT molecular complexity index is 237. The van der Waals surface area contributed by atoms with E-state index in [1.165, 1.54) is 25.7 Å². The fourth-order valence-corrected chi connectivity index (χ4v) is 2.60. The first-order chi connectivity index (χ1) is 8.04. The molecule has 0 bridgehead atoms. The fourth-order valence-electron chi connectivity index (χ4n) is 2.60. The van der Waals surface area contributed by atoms with Gasteiger partial charge in [-0.3, -0.25) is 9.69 Å². The second-order valence-electron chi connectivity index (χ2n) is 5.42. The predicted molar refractivity (Wildman–Crippen MR) is 70.8 cm³/mol. The molecule has 1 aliphatic carbocycles. The largest absolute Gasteiger partial charge is 0.354 e. The van der Waals surface area contributed by atoms with E-state index in [1.807, 2.05) is 13.8 Å². The molecule has 3 N–H and O–H groups in total.